The maximum absolute atomic E-state index is 13.5. The summed E-state index contributed by atoms with van der Waals surface area (Å²) in [4.78, 5) is 28.4. The Labute approximate surface area is 218 Å². The second-order valence-corrected chi connectivity index (χ2v) is 8.88. The van der Waals surface area contributed by atoms with Crippen LogP contribution in [0.2, 0.25) is 0 Å². The number of methoxy groups -OCH3 is 2. The number of Topliss-reactive ketones (excluding diaryl/α,β-unsaturated/α-hetero) is 1. The maximum Gasteiger partial charge on any atom is 0.300 e. The van der Waals surface area contributed by atoms with Gasteiger partial charge in [0, 0.05) is 17.3 Å². The molecule has 1 saturated heterocycles. The molecule has 6 rings (SSSR count). The van der Waals surface area contributed by atoms with Crippen LogP contribution in [0.5, 0.6) is 23.0 Å². The van der Waals surface area contributed by atoms with Gasteiger partial charge in [-0.05, 0) is 46.7 Å². The predicted octanol–water partition coefficient (Wildman–Crippen LogP) is 5.21. The standard InChI is InChI=1S/C30H23NO7/c1-35-22-11-9-19(14-24(22)36-2)27-26(28(32)20-8-7-17-5-3-4-6-18(17)13-20)29(33)30(34)31(27)21-10-12-23-25(15-21)38-16-37-23/h3-15,27,32H,16H2,1-2H3/b28-26+. The van der Waals surface area contributed by atoms with Gasteiger partial charge >= 0.3 is 0 Å². The van der Waals surface area contributed by atoms with Gasteiger partial charge in [0.05, 0.1) is 25.8 Å². The molecule has 4 aromatic carbocycles. The summed E-state index contributed by atoms with van der Waals surface area (Å²) in [5, 5.41) is 13.4. The molecule has 0 bridgehead atoms. The first kappa shape index (κ1) is 23.4. The van der Waals surface area contributed by atoms with E-state index in [1.165, 1.54) is 19.1 Å². The monoisotopic (exact) mass is 509 g/mol. The Balaban J connectivity index is 1.56. The molecule has 2 aliphatic heterocycles. The number of benzene rings is 4. The smallest absolute Gasteiger partial charge is 0.300 e. The highest BCUT2D eigenvalue weighted by molar-refractivity contribution is 6.51. The number of aliphatic hydroxyl groups is 1. The van der Waals surface area contributed by atoms with Crippen molar-refractivity contribution >= 4 is 33.9 Å². The molecule has 8 heteroatoms. The summed E-state index contributed by atoms with van der Waals surface area (Å²) >= 11 is 0. The van der Waals surface area contributed by atoms with Crippen LogP contribution in [-0.4, -0.2) is 37.8 Å². The molecule has 0 aromatic heterocycles. The first-order valence-corrected chi connectivity index (χ1v) is 11.9. The lowest BCUT2D eigenvalue weighted by Crippen LogP contribution is -2.29. The molecular formula is C30H23NO7. The highest BCUT2D eigenvalue weighted by atomic mass is 16.7. The topological polar surface area (TPSA) is 94.5 Å². The number of hydrogen-bond donors (Lipinski definition) is 1. The van der Waals surface area contributed by atoms with Crippen LogP contribution in [0.25, 0.3) is 16.5 Å². The van der Waals surface area contributed by atoms with Gasteiger partial charge in [-0.2, -0.15) is 0 Å². The Morgan fingerprint density at radius 1 is 0.842 bits per heavy atom. The number of carbonyl (C=O) groups is 2. The zero-order chi connectivity index (χ0) is 26.4. The third kappa shape index (κ3) is 3.69. The molecule has 0 spiro atoms. The minimum atomic E-state index is -0.943. The van der Waals surface area contributed by atoms with Crippen LogP contribution in [0.4, 0.5) is 5.69 Å². The fourth-order valence-corrected chi connectivity index (χ4v) is 4.96. The molecule has 2 heterocycles. The van der Waals surface area contributed by atoms with E-state index in [2.05, 4.69) is 0 Å². The van der Waals surface area contributed by atoms with E-state index >= 15 is 0 Å². The zero-order valence-electron chi connectivity index (χ0n) is 20.6. The molecular weight excluding hydrogens is 486 g/mol. The van der Waals surface area contributed by atoms with Crippen LogP contribution in [0.1, 0.15) is 17.2 Å². The van der Waals surface area contributed by atoms with E-state index in [1.54, 1.807) is 48.5 Å². The summed E-state index contributed by atoms with van der Waals surface area (Å²) in [5.41, 5.74) is 1.38. The molecule has 2 aliphatic rings. The van der Waals surface area contributed by atoms with E-state index in [-0.39, 0.29) is 18.1 Å². The lowest BCUT2D eigenvalue weighted by atomic mass is 9.94. The molecule has 0 radical (unpaired) electrons. The number of fused-ring (bicyclic) bond motifs is 2. The molecule has 0 aliphatic carbocycles. The lowest BCUT2D eigenvalue weighted by Gasteiger charge is -2.26. The SMILES string of the molecule is COc1ccc(C2/C(=C(\O)c3ccc4ccccc4c3)C(=O)C(=O)N2c2ccc3c(c2)OCO3)cc1OC. The van der Waals surface area contributed by atoms with Crippen molar-refractivity contribution in [1.82, 2.24) is 0 Å². The van der Waals surface area contributed by atoms with Crippen LogP contribution < -0.4 is 23.8 Å². The first-order valence-electron chi connectivity index (χ1n) is 11.9. The number of anilines is 1. The Hall–Kier alpha value is -4.98. The van der Waals surface area contributed by atoms with E-state index in [4.69, 9.17) is 18.9 Å². The average Bonchev–Trinajstić information content (AvgIpc) is 3.53. The van der Waals surface area contributed by atoms with Crippen LogP contribution in [0.15, 0.2) is 84.4 Å². The molecule has 190 valence electrons. The van der Waals surface area contributed by atoms with Crippen LogP contribution in [-0.2, 0) is 9.59 Å². The molecule has 1 amide bonds. The summed E-state index contributed by atoms with van der Waals surface area (Å²) in [7, 11) is 3.03. The number of rotatable bonds is 5. The third-order valence-electron chi connectivity index (χ3n) is 6.82. The highest BCUT2D eigenvalue weighted by Gasteiger charge is 2.47. The van der Waals surface area contributed by atoms with E-state index in [0.29, 0.717) is 39.8 Å². The molecule has 1 atom stereocenters. The number of ketones is 1. The van der Waals surface area contributed by atoms with E-state index in [0.717, 1.165) is 10.8 Å². The Kier molecular flexibility index (Phi) is 5.64. The van der Waals surface area contributed by atoms with Crippen molar-refractivity contribution in [3.63, 3.8) is 0 Å². The molecule has 8 nitrogen and oxygen atoms in total. The lowest BCUT2D eigenvalue weighted by molar-refractivity contribution is -0.132. The van der Waals surface area contributed by atoms with Gasteiger partial charge < -0.3 is 24.1 Å². The van der Waals surface area contributed by atoms with Crippen molar-refractivity contribution in [2.75, 3.05) is 25.9 Å². The third-order valence-corrected chi connectivity index (χ3v) is 6.82. The number of ether oxygens (including phenoxy) is 4. The fourth-order valence-electron chi connectivity index (χ4n) is 4.96. The largest absolute Gasteiger partial charge is 0.507 e. The normalized spacial score (nSPS) is 17.7. The van der Waals surface area contributed by atoms with Gasteiger partial charge in [-0.3, -0.25) is 14.5 Å². The number of hydrogen-bond acceptors (Lipinski definition) is 7. The minimum absolute atomic E-state index is 0.0323. The number of amides is 1. The van der Waals surface area contributed by atoms with Crippen molar-refractivity contribution in [2.45, 2.75) is 6.04 Å². The minimum Gasteiger partial charge on any atom is -0.507 e. The van der Waals surface area contributed by atoms with Gasteiger partial charge in [0.15, 0.2) is 23.0 Å². The summed E-state index contributed by atoms with van der Waals surface area (Å²) < 4.78 is 21.8. The van der Waals surface area contributed by atoms with Crippen LogP contribution in [0.3, 0.4) is 0 Å². The first-order chi connectivity index (χ1) is 18.5. The van der Waals surface area contributed by atoms with Gasteiger partial charge in [-0.1, -0.05) is 42.5 Å². The van der Waals surface area contributed by atoms with E-state index in [1.807, 2.05) is 30.3 Å². The van der Waals surface area contributed by atoms with Gasteiger partial charge in [0.1, 0.15) is 5.76 Å². The fraction of sp³-hybridized carbons (Fsp3) is 0.133. The van der Waals surface area contributed by atoms with E-state index in [9.17, 15) is 14.7 Å². The van der Waals surface area contributed by atoms with Gasteiger partial charge in [0.25, 0.3) is 11.7 Å². The second-order valence-electron chi connectivity index (χ2n) is 8.88. The van der Waals surface area contributed by atoms with Crippen LogP contribution >= 0.6 is 0 Å². The van der Waals surface area contributed by atoms with Gasteiger partial charge in [-0.15, -0.1) is 0 Å². The molecule has 1 unspecified atom stereocenters. The number of carbonyl (C=O) groups excluding carboxylic acids is 2. The summed E-state index contributed by atoms with van der Waals surface area (Å²) in [6.45, 7) is 0.0681. The quantitative estimate of drug-likeness (QED) is 0.224. The molecule has 4 aromatic rings. The molecule has 38 heavy (non-hydrogen) atoms. The molecule has 1 N–H and O–H groups in total. The van der Waals surface area contributed by atoms with Crippen molar-refractivity contribution in [1.29, 1.82) is 0 Å². The highest BCUT2D eigenvalue weighted by Crippen LogP contribution is 2.46. The predicted molar refractivity (Wildman–Crippen MR) is 141 cm³/mol. The van der Waals surface area contributed by atoms with Crippen LogP contribution in [0, 0.1) is 0 Å². The van der Waals surface area contributed by atoms with Gasteiger partial charge in [-0.25, -0.2) is 0 Å². The number of aliphatic hydroxyl groups excluding tert-OH is 1. The Morgan fingerprint density at radius 3 is 2.39 bits per heavy atom. The Morgan fingerprint density at radius 2 is 1.61 bits per heavy atom. The van der Waals surface area contributed by atoms with Gasteiger partial charge in [0.2, 0.25) is 6.79 Å². The van der Waals surface area contributed by atoms with Crippen molar-refractivity contribution in [3.8, 4) is 23.0 Å². The van der Waals surface area contributed by atoms with E-state index < -0.39 is 17.7 Å². The Bertz CT molecular complexity index is 1640. The van der Waals surface area contributed by atoms with Crippen molar-refractivity contribution in [3.05, 3.63) is 95.6 Å². The van der Waals surface area contributed by atoms with Crippen molar-refractivity contribution in [2.24, 2.45) is 0 Å². The zero-order valence-corrected chi connectivity index (χ0v) is 20.6. The summed E-state index contributed by atoms with van der Waals surface area (Å²) in [5.74, 6) is 0.0863. The average molecular weight is 510 g/mol. The summed E-state index contributed by atoms with van der Waals surface area (Å²) in [6.07, 6.45) is 0. The maximum atomic E-state index is 13.5. The molecule has 1 fully saturated rings. The molecule has 0 saturated carbocycles. The summed E-state index contributed by atoms with van der Waals surface area (Å²) in [6, 6.07) is 22.3. The number of nitrogens with zero attached hydrogens (tertiary/aromatic N) is 1. The van der Waals surface area contributed by atoms with Crippen molar-refractivity contribution < 1.29 is 33.6 Å². The second kappa shape index (κ2) is 9.15.